The first-order valence-electron chi connectivity index (χ1n) is 8.71. The highest BCUT2D eigenvalue weighted by Gasteiger charge is 2.48. The second-order valence-electron chi connectivity index (χ2n) is 6.21. The molecular formula is C21H23F3O4. The molecule has 7 heteroatoms. The smallest absolute Gasteiger partial charge is 0.416 e. The molecule has 0 fully saturated rings. The highest BCUT2D eigenvalue weighted by molar-refractivity contribution is 6.00. The molecule has 1 aromatic rings. The minimum Gasteiger partial charge on any atom is -0.465 e. The number of carbonyl (C=O) groups is 2. The number of hydrogen-bond acceptors (Lipinski definition) is 4. The van der Waals surface area contributed by atoms with Crippen LogP contribution in [-0.4, -0.2) is 25.2 Å². The van der Waals surface area contributed by atoms with Crippen LogP contribution in [0.1, 0.15) is 44.7 Å². The minimum atomic E-state index is -4.43. The monoisotopic (exact) mass is 396 g/mol. The fourth-order valence-corrected chi connectivity index (χ4v) is 2.53. The van der Waals surface area contributed by atoms with Gasteiger partial charge in [0.25, 0.3) is 0 Å². The third-order valence-corrected chi connectivity index (χ3v) is 3.77. The van der Waals surface area contributed by atoms with Crippen LogP contribution in [0.4, 0.5) is 13.2 Å². The van der Waals surface area contributed by atoms with E-state index >= 15 is 0 Å². The van der Waals surface area contributed by atoms with Crippen LogP contribution in [0.5, 0.6) is 0 Å². The zero-order chi connectivity index (χ0) is 21.4. The van der Waals surface area contributed by atoms with E-state index in [2.05, 4.69) is 18.4 Å². The maximum Gasteiger partial charge on any atom is 0.416 e. The highest BCUT2D eigenvalue weighted by Crippen LogP contribution is 2.33. The molecule has 0 unspecified atom stereocenters. The van der Waals surface area contributed by atoms with Crippen molar-refractivity contribution in [3.63, 3.8) is 0 Å². The van der Waals surface area contributed by atoms with Gasteiger partial charge in [-0.1, -0.05) is 17.4 Å². The first kappa shape index (κ1) is 23.3. The lowest BCUT2D eigenvalue weighted by Crippen LogP contribution is -2.42. The van der Waals surface area contributed by atoms with Crippen LogP contribution < -0.4 is 0 Å². The van der Waals surface area contributed by atoms with Crippen LogP contribution >= 0.6 is 0 Å². The summed E-state index contributed by atoms with van der Waals surface area (Å²) in [5.41, 5.74) is -1.56. The van der Waals surface area contributed by atoms with Crippen molar-refractivity contribution in [1.82, 2.24) is 0 Å². The Labute approximate surface area is 162 Å². The Morgan fingerprint density at radius 3 is 1.93 bits per heavy atom. The number of hydrogen-bond donors (Lipinski definition) is 0. The molecule has 0 spiro atoms. The molecular weight excluding hydrogens is 373 g/mol. The number of ether oxygens (including phenoxy) is 2. The Morgan fingerprint density at radius 2 is 1.54 bits per heavy atom. The van der Waals surface area contributed by atoms with Gasteiger partial charge in [0.05, 0.1) is 18.8 Å². The maximum atomic E-state index is 12.6. The summed E-state index contributed by atoms with van der Waals surface area (Å²) in [5, 5.41) is 0. The van der Waals surface area contributed by atoms with E-state index in [1.807, 2.05) is 0 Å². The molecule has 0 aliphatic rings. The molecule has 0 heterocycles. The molecule has 0 aromatic heterocycles. The normalized spacial score (nSPS) is 11.2. The van der Waals surface area contributed by atoms with Gasteiger partial charge in [-0.05, 0) is 51.5 Å². The lowest BCUT2D eigenvalue weighted by molar-refractivity contribution is -0.171. The molecule has 0 aliphatic heterocycles. The minimum absolute atomic E-state index is 0.00758. The maximum absolute atomic E-state index is 12.6. The summed E-state index contributed by atoms with van der Waals surface area (Å²) in [6.45, 7) is 8.79. The third kappa shape index (κ3) is 6.15. The second-order valence-corrected chi connectivity index (χ2v) is 6.21. The molecule has 152 valence electrons. The largest absolute Gasteiger partial charge is 0.465 e. The molecule has 0 atom stereocenters. The van der Waals surface area contributed by atoms with Crippen molar-refractivity contribution in [1.29, 1.82) is 0 Å². The lowest BCUT2D eigenvalue weighted by atomic mass is 9.79. The fraction of sp³-hybridized carbons (Fsp3) is 0.429. The van der Waals surface area contributed by atoms with Crippen molar-refractivity contribution in [3.8, 4) is 11.8 Å². The Kier molecular flexibility index (Phi) is 8.30. The summed E-state index contributed by atoms with van der Waals surface area (Å²) in [6, 6.07) is 4.29. The summed E-state index contributed by atoms with van der Waals surface area (Å²) in [4.78, 5) is 25.1. The summed E-state index contributed by atoms with van der Waals surface area (Å²) in [5.74, 6) is 3.86. The Hall–Kier alpha value is -2.75. The molecule has 0 amide bonds. The number of benzene rings is 1. The van der Waals surface area contributed by atoms with Gasteiger partial charge < -0.3 is 9.47 Å². The molecule has 4 nitrogen and oxygen atoms in total. The lowest BCUT2D eigenvalue weighted by Gasteiger charge is -2.27. The zero-order valence-corrected chi connectivity index (χ0v) is 16.1. The van der Waals surface area contributed by atoms with Crippen molar-refractivity contribution in [2.45, 2.75) is 39.8 Å². The molecule has 0 N–H and O–H groups in total. The van der Waals surface area contributed by atoms with Crippen LogP contribution in [-0.2, 0) is 25.2 Å². The van der Waals surface area contributed by atoms with Crippen LogP contribution in [0.3, 0.4) is 0 Å². The number of rotatable bonds is 7. The number of allylic oxidation sites excluding steroid dienone is 1. The fourth-order valence-electron chi connectivity index (χ4n) is 2.53. The Balaban J connectivity index is 3.19. The Bertz CT molecular complexity index is 750. The van der Waals surface area contributed by atoms with Gasteiger partial charge in [-0.15, -0.1) is 6.58 Å². The van der Waals surface area contributed by atoms with Gasteiger partial charge >= 0.3 is 18.1 Å². The standard InChI is InChI=1S/C21H23F3O4/c1-5-27-18(25)20(14-15(3)4,19(26)28-6-2)13-7-8-16-9-11-17(12-10-16)21(22,23)24/h9-12H,3,5-6,13-14H2,1-2,4H3. The van der Waals surface area contributed by atoms with E-state index in [0.29, 0.717) is 11.1 Å². The van der Waals surface area contributed by atoms with E-state index in [1.165, 1.54) is 12.1 Å². The van der Waals surface area contributed by atoms with E-state index in [-0.39, 0.29) is 26.1 Å². The quantitative estimate of drug-likeness (QED) is 0.294. The van der Waals surface area contributed by atoms with Gasteiger partial charge in [0.2, 0.25) is 0 Å². The molecule has 0 saturated heterocycles. The van der Waals surface area contributed by atoms with Crippen LogP contribution in [0.25, 0.3) is 0 Å². The Morgan fingerprint density at radius 1 is 1.04 bits per heavy atom. The van der Waals surface area contributed by atoms with E-state index in [4.69, 9.17) is 9.47 Å². The average molecular weight is 396 g/mol. The summed E-state index contributed by atoms with van der Waals surface area (Å²) >= 11 is 0. The van der Waals surface area contributed by atoms with E-state index < -0.39 is 29.1 Å². The number of carbonyl (C=O) groups excluding carboxylic acids is 2. The van der Waals surface area contributed by atoms with Gasteiger partial charge in [0, 0.05) is 12.0 Å². The van der Waals surface area contributed by atoms with Crippen molar-refractivity contribution in [3.05, 3.63) is 47.5 Å². The molecule has 0 radical (unpaired) electrons. The van der Waals surface area contributed by atoms with Gasteiger partial charge in [-0.3, -0.25) is 9.59 Å². The van der Waals surface area contributed by atoms with Crippen molar-refractivity contribution >= 4 is 11.9 Å². The first-order valence-corrected chi connectivity index (χ1v) is 8.71. The SMILES string of the molecule is C=C(C)CC(CC#Cc1ccc(C(F)(F)F)cc1)(C(=O)OCC)C(=O)OCC. The van der Waals surface area contributed by atoms with Crippen LogP contribution in [0.2, 0.25) is 0 Å². The third-order valence-electron chi connectivity index (χ3n) is 3.77. The molecule has 1 rings (SSSR count). The summed E-state index contributed by atoms with van der Waals surface area (Å²) in [7, 11) is 0. The molecule has 1 aromatic carbocycles. The van der Waals surface area contributed by atoms with E-state index in [1.54, 1.807) is 20.8 Å². The van der Waals surface area contributed by atoms with E-state index in [9.17, 15) is 22.8 Å². The molecule has 28 heavy (non-hydrogen) atoms. The highest BCUT2D eigenvalue weighted by atomic mass is 19.4. The van der Waals surface area contributed by atoms with Gasteiger partial charge in [0.1, 0.15) is 0 Å². The van der Waals surface area contributed by atoms with Crippen molar-refractivity contribution in [2.75, 3.05) is 13.2 Å². The van der Waals surface area contributed by atoms with Crippen molar-refractivity contribution in [2.24, 2.45) is 5.41 Å². The van der Waals surface area contributed by atoms with Crippen LogP contribution in [0.15, 0.2) is 36.4 Å². The predicted octanol–water partition coefficient (Wildman–Crippen LogP) is 4.53. The number of halogens is 3. The summed E-state index contributed by atoms with van der Waals surface area (Å²) < 4.78 is 48.0. The topological polar surface area (TPSA) is 52.6 Å². The molecule has 0 aliphatic carbocycles. The van der Waals surface area contributed by atoms with Crippen molar-refractivity contribution < 1.29 is 32.2 Å². The van der Waals surface area contributed by atoms with Gasteiger partial charge in [-0.2, -0.15) is 13.2 Å². The predicted molar refractivity (Wildman–Crippen MR) is 98.1 cm³/mol. The van der Waals surface area contributed by atoms with E-state index in [0.717, 1.165) is 12.1 Å². The number of alkyl halides is 3. The molecule has 0 bridgehead atoms. The number of esters is 2. The van der Waals surface area contributed by atoms with Crippen LogP contribution in [0, 0.1) is 17.3 Å². The summed E-state index contributed by atoms with van der Waals surface area (Å²) in [6.07, 6.45) is -4.65. The second kappa shape index (κ2) is 9.98. The van der Waals surface area contributed by atoms with Gasteiger partial charge in [0.15, 0.2) is 5.41 Å². The zero-order valence-electron chi connectivity index (χ0n) is 16.1. The first-order chi connectivity index (χ1) is 13.1. The average Bonchev–Trinajstić information content (AvgIpc) is 2.60. The molecule has 0 saturated carbocycles. The van der Waals surface area contributed by atoms with Gasteiger partial charge in [-0.25, -0.2) is 0 Å².